The summed E-state index contributed by atoms with van der Waals surface area (Å²) < 4.78 is 9.69. The molecule has 0 saturated carbocycles. The van der Waals surface area contributed by atoms with Crippen molar-refractivity contribution in [1.29, 1.82) is 5.26 Å². The molecule has 0 aromatic carbocycles. The number of nitriles is 1. The van der Waals surface area contributed by atoms with Gasteiger partial charge in [-0.3, -0.25) is 4.68 Å². The highest BCUT2D eigenvalue weighted by Crippen LogP contribution is 2.28. The number of ether oxygens (including phenoxy) is 1. The summed E-state index contributed by atoms with van der Waals surface area (Å²) in [6, 6.07) is 5.31. The minimum atomic E-state index is -1.10. The average Bonchev–Trinajstić information content (AvgIpc) is 3.49. The highest BCUT2D eigenvalue weighted by molar-refractivity contribution is 6.76. The van der Waals surface area contributed by atoms with Gasteiger partial charge in [0, 0.05) is 38.0 Å². The van der Waals surface area contributed by atoms with Crippen LogP contribution in [0.25, 0.3) is 22.3 Å². The van der Waals surface area contributed by atoms with Crippen molar-refractivity contribution in [2.24, 2.45) is 5.92 Å². The first-order valence-electron chi connectivity index (χ1n) is 11.0. The van der Waals surface area contributed by atoms with Crippen LogP contribution in [0.4, 0.5) is 0 Å². The Kier molecular flexibility index (Phi) is 6.50. The molecule has 4 rings (SSSR count). The first-order chi connectivity index (χ1) is 14.9. The van der Waals surface area contributed by atoms with E-state index in [1.54, 1.807) is 17.2 Å². The van der Waals surface area contributed by atoms with E-state index in [0.29, 0.717) is 12.6 Å². The first-order valence-corrected chi connectivity index (χ1v) is 14.7. The number of aromatic nitrogens is 5. The Bertz CT molecular complexity index is 1060. The van der Waals surface area contributed by atoms with Crippen molar-refractivity contribution in [2.75, 3.05) is 19.7 Å². The van der Waals surface area contributed by atoms with Gasteiger partial charge in [0.2, 0.25) is 0 Å². The molecule has 2 unspecified atom stereocenters. The van der Waals surface area contributed by atoms with Gasteiger partial charge in [-0.25, -0.2) is 9.97 Å². The predicted molar refractivity (Wildman–Crippen MR) is 123 cm³/mol. The van der Waals surface area contributed by atoms with Crippen LogP contribution in [0.3, 0.4) is 0 Å². The molecule has 1 N–H and O–H groups in total. The van der Waals surface area contributed by atoms with Crippen LogP contribution < -0.4 is 5.32 Å². The Balaban J connectivity index is 1.50. The number of rotatable bonds is 9. The van der Waals surface area contributed by atoms with E-state index >= 15 is 0 Å². The number of nitrogens with zero attached hydrogens (tertiary/aromatic N) is 6. The Morgan fingerprint density at radius 1 is 1.35 bits per heavy atom. The monoisotopic (exact) mass is 437 g/mol. The van der Waals surface area contributed by atoms with Crippen LogP contribution in [-0.2, 0) is 11.5 Å². The molecule has 1 fully saturated rings. The number of hydrogen-bond acceptors (Lipinski definition) is 6. The molecule has 3 aromatic heterocycles. The van der Waals surface area contributed by atoms with Crippen LogP contribution in [0.1, 0.15) is 18.9 Å². The maximum atomic E-state index is 9.68. The summed E-state index contributed by atoms with van der Waals surface area (Å²) in [7, 11) is -1.10. The fourth-order valence-corrected chi connectivity index (χ4v) is 4.72. The van der Waals surface area contributed by atoms with Crippen molar-refractivity contribution in [1.82, 2.24) is 29.6 Å². The minimum Gasteiger partial charge on any atom is -0.361 e. The zero-order chi connectivity index (χ0) is 21.8. The molecule has 164 valence electrons. The van der Waals surface area contributed by atoms with Gasteiger partial charge in [0.25, 0.3) is 0 Å². The second-order valence-corrected chi connectivity index (χ2v) is 15.2. The third-order valence-electron chi connectivity index (χ3n) is 5.85. The lowest BCUT2D eigenvalue weighted by atomic mass is 10.00. The van der Waals surface area contributed by atoms with Crippen molar-refractivity contribution in [3.63, 3.8) is 0 Å². The molecule has 0 radical (unpaired) electrons. The van der Waals surface area contributed by atoms with Gasteiger partial charge in [0.1, 0.15) is 24.7 Å². The molecule has 9 heteroatoms. The number of fused-ring (bicyclic) bond motifs is 1. The van der Waals surface area contributed by atoms with Crippen LogP contribution in [0.5, 0.6) is 0 Å². The van der Waals surface area contributed by atoms with Crippen LogP contribution in [-0.4, -0.2) is 52.1 Å². The van der Waals surface area contributed by atoms with Gasteiger partial charge in [-0.2, -0.15) is 10.4 Å². The van der Waals surface area contributed by atoms with E-state index in [9.17, 15) is 5.26 Å². The smallest absolute Gasteiger partial charge is 0.145 e. The van der Waals surface area contributed by atoms with Crippen molar-refractivity contribution in [3.8, 4) is 17.3 Å². The van der Waals surface area contributed by atoms with E-state index in [-0.39, 0.29) is 6.04 Å². The molecular weight excluding hydrogens is 406 g/mol. The summed E-state index contributed by atoms with van der Waals surface area (Å²) in [5.41, 5.74) is 2.57. The molecular formula is C22H31N7OSi. The predicted octanol–water partition coefficient (Wildman–Crippen LogP) is 3.67. The van der Waals surface area contributed by atoms with Gasteiger partial charge >= 0.3 is 0 Å². The van der Waals surface area contributed by atoms with Gasteiger partial charge in [0.15, 0.2) is 0 Å². The van der Waals surface area contributed by atoms with E-state index < -0.39 is 8.07 Å². The molecule has 0 aliphatic carbocycles. The first kappa shape index (κ1) is 21.7. The van der Waals surface area contributed by atoms with Gasteiger partial charge in [-0.05, 0) is 44.0 Å². The van der Waals surface area contributed by atoms with Crippen molar-refractivity contribution in [2.45, 2.75) is 51.3 Å². The van der Waals surface area contributed by atoms with Crippen LogP contribution in [0, 0.1) is 17.2 Å². The Hall–Kier alpha value is -2.54. The molecule has 0 spiro atoms. The maximum Gasteiger partial charge on any atom is 0.145 e. The summed E-state index contributed by atoms with van der Waals surface area (Å²) in [5, 5.41) is 18.5. The van der Waals surface area contributed by atoms with E-state index in [4.69, 9.17) is 4.74 Å². The molecule has 3 aromatic rings. The highest BCUT2D eigenvalue weighted by Gasteiger charge is 2.22. The average molecular weight is 438 g/mol. The molecule has 0 amide bonds. The zero-order valence-corrected chi connectivity index (χ0v) is 19.6. The van der Waals surface area contributed by atoms with E-state index in [0.717, 1.165) is 60.9 Å². The third-order valence-corrected chi connectivity index (χ3v) is 7.55. The van der Waals surface area contributed by atoms with Crippen LogP contribution >= 0.6 is 0 Å². The standard InChI is InChI=1S/C22H31N7OSi/c1-31(2,3)9-8-30-16-28-7-5-20-21(25-15-26-22(20)28)18-13-27-29(14-18)19(11-23)10-17-4-6-24-12-17/h5,7,13-15,17,19,24H,4,6,8-10,12,16H2,1-3H3. The van der Waals surface area contributed by atoms with E-state index in [1.165, 1.54) is 0 Å². The van der Waals surface area contributed by atoms with Gasteiger partial charge in [0.05, 0.1) is 18.0 Å². The quantitative estimate of drug-likeness (QED) is 0.405. The Morgan fingerprint density at radius 2 is 2.23 bits per heavy atom. The van der Waals surface area contributed by atoms with Gasteiger partial charge in [-0.1, -0.05) is 19.6 Å². The molecule has 2 atom stereocenters. The molecule has 0 bridgehead atoms. The second-order valence-electron chi connectivity index (χ2n) is 9.54. The highest BCUT2D eigenvalue weighted by atomic mass is 28.3. The van der Waals surface area contributed by atoms with Crippen LogP contribution in [0.2, 0.25) is 25.7 Å². The lowest BCUT2D eigenvalue weighted by Crippen LogP contribution is -2.22. The van der Waals surface area contributed by atoms with Gasteiger partial charge in [-0.15, -0.1) is 0 Å². The molecule has 1 saturated heterocycles. The molecule has 1 aliphatic rings. The summed E-state index contributed by atoms with van der Waals surface area (Å²) in [6.07, 6.45) is 9.23. The SMILES string of the molecule is C[Si](C)(C)CCOCn1ccc2c(-c3cnn(C(C#N)CC4CCNC4)c3)ncnc21. The fraction of sp³-hybridized carbons (Fsp3) is 0.545. The summed E-state index contributed by atoms with van der Waals surface area (Å²) in [6.45, 7) is 10.3. The lowest BCUT2D eigenvalue weighted by Gasteiger charge is -2.15. The number of hydrogen-bond donors (Lipinski definition) is 1. The van der Waals surface area contributed by atoms with E-state index in [1.807, 2.05) is 23.0 Å². The summed E-state index contributed by atoms with van der Waals surface area (Å²) >= 11 is 0. The molecule has 4 heterocycles. The minimum absolute atomic E-state index is 0.264. The third kappa shape index (κ3) is 5.21. The molecule has 31 heavy (non-hydrogen) atoms. The van der Waals surface area contributed by atoms with Crippen molar-refractivity contribution >= 4 is 19.1 Å². The molecule has 8 nitrogen and oxygen atoms in total. The number of nitrogens with one attached hydrogen (secondary N) is 1. The lowest BCUT2D eigenvalue weighted by molar-refractivity contribution is 0.0899. The van der Waals surface area contributed by atoms with Crippen molar-refractivity contribution < 1.29 is 4.74 Å². The second kappa shape index (κ2) is 9.30. The maximum absolute atomic E-state index is 9.68. The van der Waals surface area contributed by atoms with Gasteiger partial charge < -0.3 is 14.6 Å². The van der Waals surface area contributed by atoms with Crippen molar-refractivity contribution in [3.05, 3.63) is 31.0 Å². The largest absolute Gasteiger partial charge is 0.361 e. The summed E-state index contributed by atoms with van der Waals surface area (Å²) in [4.78, 5) is 8.99. The Labute approximate surface area is 184 Å². The zero-order valence-electron chi connectivity index (χ0n) is 18.6. The van der Waals surface area contributed by atoms with Crippen LogP contribution in [0.15, 0.2) is 31.0 Å². The molecule has 1 aliphatic heterocycles. The topological polar surface area (TPSA) is 93.6 Å². The Morgan fingerprint density at radius 3 is 2.97 bits per heavy atom. The summed E-state index contributed by atoms with van der Waals surface area (Å²) in [5.74, 6) is 0.526. The van der Waals surface area contributed by atoms with E-state index in [2.05, 4.69) is 46.1 Å². The normalized spacial score (nSPS) is 17.8. The fourth-order valence-electron chi connectivity index (χ4n) is 3.96.